The Morgan fingerprint density at radius 2 is 0.774 bits per heavy atom. The molecule has 53 heavy (non-hydrogen) atoms. The molecule has 0 saturated carbocycles. The summed E-state index contributed by atoms with van der Waals surface area (Å²) < 4.78 is 5.88. The van der Waals surface area contributed by atoms with Crippen molar-refractivity contribution < 1.29 is 0 Å². The topological polar surface area (TPSA) is 9.86 Å². The SMILES string of the molecule is Cc1ccc2c(c1)c1ccccc1n2-c1cc(Br)cc(-n2c3ccccc3c3cc([Si](c4ccccc4)(c4ccccc4)c4ccccc4)ccc32)c1. The predicted octanol–water partition coefficient (Wildman–Crippen LogP) is 10.3. The van der Waals surface area contributed by atoms with Crippen molar-refractivity contribution in [3.05, 3.63) is 204 Å². The molecule has 0 unspecified atom stereocenters. The normalized spacial score (nSPS) is 12.0. The fourth-order valence-electron chi connectivity index (χ4n) is 8.73. The van der Waals surface area contributed by atoms with Crippen molar-refractivity contribution in [3.8, 4) is 11.4 Å². The van der Waals surface area contributed by atoms with Crippen molar-refractivity contribution in [1.29, 1.82) is 0 Å². The van der Waals surface area contributed by atoms with E-state index in [9.17, 15) is 0 Å². The third kappa shape index (κ3) is 4.97. The van der Waals surface area contributed by atoms with Gasteiger partial charge in [0.1, 0.15) is 0 Å². The highest BCUT2D eigenvalue weighted by Gasteiger charge is 2.41. The van der Waals surface area contributed by atoms with E-state index in [4.69, 9.17) is 0 Å². The maximum absolute atomic E-state index is 3.95. The third-order valence-electron chi connectivity index (χ3n) is 10.9. The number of para-hydroxylation sites is 2. The molecule has 4 heteroatoms. The van der Waals surface area contributed by atoms with Gasteiger partial charge in [-0.3, -0.25) is 0 Å². The monoisotopic (exact) mass is 758 g/mol. The van der Waals surface area contributed by atoms with Gasteiger partial charge in [-0.2, -0.15) is 0 Å². The fourth-order valence-corrected chi connectivity index (χ4v) is 14.0. The number of fused-ring (bicyclic) bond motifs is 6. The van der Waals surface area contributed by atoms with E-state index in [1.807, 2.05) is 0 Å². The second-order valence-electron chi connectivity index (χ2n) is 14.0. The van der Waals surface area contributed by atoms with Gasteiger partial charge in [-0.1, -0.05) is 167 Å². The van der Waals surface area contributed by atoms with Gasteiger partial charge < -0.3 is 9.13 Å². The molecule has 0 aliphatic rings. The van der Waals surface area contributed by atoms with Gasteiger partial charge in [-0.25, -0.2) is 0 Å². The number of hydrogen-bond donors (Lipinski definition) is 0. The Morgan fingerprint density at radius 3 is 1.28 bits per heavy atom. The van der Waals surface area contributed by atoms with E-state index in [-0.39, 0.29) is 0 Å². The van der Waals surface area contributed by atoms with Gasteiger partial charge in [0, 0.05) is 37.4 Å². The van der Waals surface area contributed by atoms with Gasteiger partial charge >= 0.3 is 0 Å². The minimum absolute atomic E-state index is 1.04. The van der Waals surface area contributed by atoms with E-state index in [1.54, 1.807) is 0 Å². The predicted molar refractivity (Wildman–Crippen MR) is 231 cm³/mol. The van der Waals surface area contributed by atoms with Crippen molar-refractivity contribution in [2.75, 3.05) is 0 Å². The summed E-state index contributed by atoms with van der Waals surface area (Å²) in [6.07, 6.45) is 0. The molecule has 0 aliphatic heterocycles. The van der Waals surface area contributed by atoms with Gasteiger partial charge in [-0.15, -0.1) is 0 Å². The minimum atomic E-state index is -2.71. The molecule has 10 rings (SSSR count). The molecule has 8 aromatic carbocycles. The Kier molecular flexibility index (Phi) is 7.57. The standard InChI is InChI=1S/C49H35BrN2Si/c1-34-25-27-48-44(29-34)42-21-11-13-23-46(42)51(48)36-30-35(50)31-37(32-36)52-47-24-14-12-22-43(47)45-33-41(26-28-49(45)52)53(38-15-5-2-6-16-38,39-17-7-3-8-18-39)40-19-9-4-10-20-40/h2-33H,1H3. The molecule has 10 aromatic rings. The minimum Gasteiger partial charge on any atom is -0.309 e. The Morgan fingerprint density at radius 1 is 0.358 bits per heavy atom. The number of halogens is 1. The summed E-state index contributed by atoms with van der Waals surface area (Å²) in [6, 6.07) is 72.0. The molecule has 0 N–H and O–H groups in total. The third-order valence-corrected chi connectivity index (χ3v) is 16.2. The van der Waals surface area contributed by atoms with Crippen LogP contribution in [0.15, 0.2) is 199 Å². The first-order valence-electron chi connectivity index (χ1n) is 18.1. The Bertz CT molecular complexity index is 2870. The second kappa shape index (κ2) is 12.6. The van der Waals surface area contributed by atoms with Crippen LogP contribution in [0.1, 0.15) is 5.56 Å². The first-order chi connectivity index (χ1) is 26.1. The van der Waals surface area contributed by atoms with Crippen molar-refractivity contribution >= 4 is 88.4 Å². The number of aromatic nitrogens is 2. The summed E-state index contributed by atoms with van der Waals surface area (Å²) in [6.45, 7) is 2.17. The molecule has 0 atom stereocenters. The van der Waals surface area contributed by atoms with Crippen LogP contribution in [0.2, 0.25) is 0 Å². The van der Waals surface area contributed by atoms with Gasteiger partial charge in [-0.05, 0) is 76.2 Å². The summed E-state index contributed by atoms with van der Waals surface area (Å²) in [7, 11) is -2.71. The Balaban J connectivity index is 1.25. The van der Waals surface area contributed by atoms with E-state index < -0.39 is 8.07 Å². The molecule has 0 aliphatic carbocycles. The number of nitrogens with zero attached hydrogens (tertiary/aromatic N) is 2. The van der Waals surface area contributed by atoms with Gasteiger partial charge in [0.2, 0.25) is 0 Å². The summed E-state index contributed by atoms with van der Waals surface area (Å²) in [5.74, 6) is 0. The van der Waals surface area contributed by atoms with Crippen LogP contribution in [0.3, 0.4) is 0 Å². The van der Waals surface area contributed by atoms with Crippen LogP contribution in [-0.2, 0) is 0 Å². The summed E-state index contributed by atoms with van der Waals surface area (Å²) >= 11 is 3.95. The molecular weight excluding hydrogens is 725 g/mol. The molecule has 0 amide bonds. The van der Waals surface area contributed by atoms with Gasteiger partial charge in [0.05, 0.1) is 22.1 Å². The van der Waals surface area contributed by atoms with Crippen LogP contribution in [0, 0.1) is 6.92 Å². The zero-order valence-electron chi connectivity index (χ0n) is 29.2. The average molecular weight is 760 g/mol. The van der Waals surface area contributed by atoms with Crippen molar-refractivity contribution in [2.24, 2.45) is 0 Å². The Labute approximate surface area is 318 Å². The first kappa shape index (κ1) is 31.8. The van der Waals surface area contributed by atoms with Crippen LogP contribution in [-0.4, -0.2) is 17.2 Å². The lowest BCUT2D eigenvalue weighted by Crippen LogP contribution is -2.74. The number of benzene rings is 8. The van der Waals surface area contributed by atoms with E-state index in [2.05, 4.69) is 226 Å². The molecule has 0 radical (unpaired) electrons. The van der Waals surface area contributed by atoms with Gasteiger partial charge in [0.25, 0.3) is 0 Å². The van der Waals surface area contributed by atoms with Crippen LogP contribution < -0.4 is 20.7 Å². The average Bonchev–Trinajstić information content (AvgIpc) is 3.72. The van der Waals surface area contributed by atoms with E-state index in [0.29, 0.717) is 0 Å². The molecule has 2 heterocycles. The van der Waals surface area contributed by atoms with Crippen LogP contribution >= 0.6 is 15.9 Å². The van der Waals surface area contributed by atoms with Crippen molar-refractivity contribution in [3.63, 3.8) is 0 Å². The maximum atomic E-state index is 3.95. The highest BCUT2D eigenvalue weighted by molar-refractivity contribution is 9.10. The molecule has 0 bridgehead atoms. The first-order valence-corrected chi connectivity index (χ1v) is 20.9. The van der Waals surface area contributed by atoms with Crippen LogP contribution in [0.4, 0.5) is 0 Å². The van der Waals surface area contributed by atoms with E-state index >= 15 is 0 Å². The lowest BCUT2D eigenvalue weighted by atomic mass is 10.1. The summed E-state index contributed by atoms with van der Waals surface area (Å²) in [5, 5.41) is 10.5. The van der Waals surface area contributed by atoms with Crippen molar-refractivity contribution in [2.45, 2.75) is 6.92 Å². The molecule has 0 saturated heterocycles. The largest absolute Gasteiger partial charge is 0.309 e. The van der Waals surface area contributed by atoms with Crippen molar-refractivity contribution in [1.82, 2.24) is 9.13 Å². The highest BCUT2D eigenvalue weighted by Crippen LogP contribution is 2.37. The molecule has 0 fully saturated rings. The zero-order valence-corrected chi connectivity index (χ0v) is 31.8. The number of rotatable bonds is 6. The second-order valence-corrected chi connectivity index (χ2v) is 18.7. The summed E-state index contributed by atoms with van der Waals surface area (Å²) in [5.41, 5.74) is 8.28. The molecule has 2 nitrogen and oxygen atoms in total. The van der Waals surface area contributed by atoms with Gasteiger partial charge in [0.15, 0.2) is 8.07 Å². The maximum Gasteiger partial charge on any atom is 0.179 e. The number of aryl methyl sites for hydroxylation is 1. The smallest absolute Gasteiger partial charge is 0.179 e. The molecule has 2 aromatic heterocycles. The molecule has 252 valence electrons. The lowest BCUT2D eigenvalue weighted by Gasteiger charge is -2.34. The highest BCUT2D eigenvalue weighted by atomic mass is 79.9. The summed E-state index contributed by atoms with van der Waals surface area (Å²) in [4.78, 5) is 0. The van der Waals surface area contributed by atoms with E-state index in [1.165, 1.54) is 69.9 Å². The zero-order chi connectivity index (χ0) is 35.5. The Hall–Kier alpha value is -5.94. The number of hydrogen-bond acceptors (Lipinski definition) is 0. The van der Waals surface area contributed by atoms with Crippen LogP contribution in [0.25, 0.3) is 55.0 Å². The molecule has 0 spiro atoms. The quantitative estimate of drug-likeness (QED) is 0.118. The van der Waals surface area contributed by atoms with Crippen LogP contribution in [0.5, 0.6) is 0 Å². The fraction of sp³-hybridized carbons (Fsp3) is 0.0204. The lowest BCUT2D eigenvalue weighted by molar-refractivity contribution is 1.13. The van der Waals surface area contributed by atoms with E-state index in [0.717, 1.165) is 15.8 Å². The molecular formula is C49H35BrN2Si.